The Hall–Kier alpha value is -3.02. The molecule has 2 heterocycles. The lowest BCUT2D eigenvalue weighted by Crippen LogP contribution is -2.43. The number of carbonyl (C=O) groups is 2. The maximum absolute atomic E-state index is 12.2. The highest BCUT2D eigenvalue weighted by Crippen LogP contribution is 2.31. The van der Waals surface area contributed by atoms with E-state index in [-0.39, 0.29) is 23.4 Å². The number of urea groups is 1. The molecule has 3 amide bonds. The van der Waals surface area contributed by atoms with E-state index < -0.39 is 9.84 Å². The van der Waals surface area contributed by atoms with Crippen LogP contribution >= 0.6 is 11.3 Å². The lowest BCUT2D eigenvalue weighted by atomic mass is 10.1. The number of hydrogen-bond acceptors (Lipinski definition) is 7. The van der Waals surface area contributed by atoms with Crippen molar-refractivity contribution in [3.63, 3.8) is 0 Å². The van der Waals surface area contributed by atoms with Crippen molar-refractivity contribution in [1.29, 1.82) is 0 Å². The second-order valence-electron chi connectivity index (χ2n) is 7.67. The van der Waals surface area contributed by atoms with Gasteiger partial charge < -0.3 is 15.0 Å². The number of ether oxygens (including phenoxy) is 1. The molecule has 0 bridgehead atoms. The van der Waals surface area contributed by atoms with Crippen molar-refractivity contribution in [2.24, 2.45) is 0 Å². The van der Waals surface area contributed by atoms with Gasteiger partial charge in [-0.15, -0.1) is 0 Å². The molecule has 0 atom stereocenters. The number of benzene rings is 2. The average Bonchev–Trinajstić information content (AvgIpc) is 3.18. The standard InChI is InChI=1S/C22H24N4O5S2/c1-33(29,30)17-5-2-4-15(12-17)16-6-7-18-19(13-16)32-22(24-18)25-21(28)23-8-3-9-26-10-11-31-14-20(26)27/h2,4-7,12-13H,3,8-11,14H2,1H3,(H2,23,24,25,28). The van der Waals surface area contributed by atoms with Gasteiger partial charge in [-0.2, -0.15) is 0 Å². The molecule has 33 heavy (non-hydrogen) atoms. The zero-order valence-corrected chi connectivity index (χ0v) is 19.7. The number of hydrogen-bond donors (Lipinski definition) is 2. The quantitative estimate of drug-likeness (QED) is 0.494. The van der Waals surface area contributed by atoms with E-state index in [0.717, 1.165) is 21.3 Å². The minimum atomic E-state index is -3.29. The third-order valence-corrected chi connectivity index (χ3v) is 7.22. The molecule has 9 nitrogen and oxygen atoms in total. The van der Waals surface area contributed by atoms with Crippen molar-refractivity contribution in [1.82, 2.24) is 15.2 Å². The molecule has 3 aromatic rings. The molecule has 0 radical (unpaired) electrons. The molecule has 0 saturated carbocycles. The first-order valence-electron chi connectivity index (χ1n) is 10.4. The summed E-state index contributed by atoms with van der Waals surface area (Å²) < 4.78 is 29.7. The molecule has 11 heteroatoms. The smallest absolute Gasteiger partial charge is 0.321 e. The van der Waals surface area contributed by atoms with Crippen molar-refractivity contribution in [2.45, 2.75) is 11.3 Å². The Balaban J connectivity index is 1.35. The number of nitrogens with zero attached hydrogens (tertiary/aromatic N) is 2. The Morgan fingerprint density at radius 3 is 2.82 bits per heavy atom. The Morgan fingerprint density at radius 1 is 1.21 bits per heavy atom. The predicted octanol–water partition coefficient (Wildman–Crippen LogP) is 2.74. The Bertz CT molecular complexity index is 1290. The van der Waals surface area contributed by atoms with Crippen LogP contribution in [-0.4, -0.2) is 69.3 Å². The zero-order valence-electron chi connectivity index (χ0n) is 18.0. The number of fused-ring (bicyclic) bond motifs is 1. The molecular formula is C22H24N4O5S2. The Kier molecular flexibility index (Phi) is 6.91. The van der Waals surface area contributed by atoms with Crippen molar-refractivity contribution < 1.29 is 22.7 Å². The minimum absolute atomic E-state index is 0.0254. The molecule has 4 rings (SSSR count). The number of rotatable bonds is 7. The number of nitrogens with one attached hydrogen (secondary N) is 2. The molecule has 0 unspecified atom stereocenters. The van der Waals surface area contributed by atoms with Crippen LogP contribution in [0.1, 0.15) is 6.42 Å². The summed E-state index contributed by atoms with van der Waals surface area (Å²) in [6, 6.07) is 12.1. The summed E-state index contributed by atoms with van der Waals surface area (Å²) in [5.74, 6) is -0.0254. The van der Waals surface area contributed by atoms with Crippen LogP contribution < -0.4 is 10.6 Å². The van der Waals surface area contributed by atoms with Gasteiger partial charge >= 0.3 is 6.03 Å². The Morgan fingerprint density at radius 2 is 2.03 bits per heavy atom. The van der Waals surface area contributed by atoms with E-state index in [1.807, 2.05) is 24.3 Å². The van der Waals surface area contributed by atoms with Crippen molar-refractivity contribution in [3.05, 3.63) is 42.5 Å². The fraction of sp³-hybridized carbons (Fsp3) is 0.318. The second kappa shape index (κ2) is 9.86. The summed E-state index contributed by atoms with van der Waals surface area (Å²) in [6.45, 7) is 2.25. The summed E-state index contributed by atoms with van der Waals surface area (Å²) in [5, 5.41) is 5.99. The number of sulfone groups is 1. The maximum atomic E-state index is 12.2. The fourth-order valence-corrected chi connectivity index (χ4v) is 5.03. The normalized spacial score (nSPS) is 14.5. The molecule has 2 N–H and O–H groups in total. The summed E-state index contributed by atoms with van der Waals surface area (Å²) in [4.78, 5) is 30.3. The first-order chi connectivity index (χ1) is 15.8. The van der Waals surface area contributed by atoms with Gasteiger partial charge in [0.05, 0.1) is 21.7 Å². The van der Waals surface area contributed by atoms with Gasteiger partial charge in [-0.3, -0.25) is 10.1 Å². The van der Waals surface area contributed by atoms with Gasteiger partial charge in [0.15, 0.2) is 15.0 Å². The summed E-state index contributed by atoms with van der Waals surface area (Å²) in [5.41, 5.74) is 2.40. The van der Waals surface area contributed by atoms with E-state index in [1.165, 1.54) is 17.6 Å². The van der Waals surface area contributed by atoms with Crippen LogP contribution in [0.4, 0.5) is 9.93 Å². The van der Waals surface area contributed by atoms with Crippen LogP contribution in [0.25, 0.3) is 21.3 Å². The van der Waals surface area contributed by atoms with Gasteiger partial charge in [-0.1, -0.05) is 29.5 Å². The zero-order chi connectivity index (χ0) is 23.4. The predicted molar refractivity (Wildman–Crippen MR) is 127 cm³/mol. The molecule has 1 aliphatic rings. The number of morpholine rings is 1. The van der Waals surface area contributed by atoms with Gasteiger partial charge in [0.1, 0.15) is 6.61 Å². The van der Waals surface area contributed by atoms with Crippen LogP contribution in [0.15, 0.2) is 47.4 Å². The van der Waals surface area contributed by atoms with Crippen molar-refractivity contribution in [2.75, 3.05) is 44.4 Å². The second-order valence-corrected chi connectivity index (χ2v) is 10.7. The number of thiazole rings is 1. The van der Waals surface area contributed by atoms with E-state index >= 15 is 0 Å². The number of anilines is 1. The summed E-state index contributed by atoms with van der Waals surface area (Å²) >= 11 is 1.34. The molecule has 1 saturated heterocycles. The maximum Gasteiger partial charge on any atom is 0.321 e. The van der Waals surface area contributed by atoms with Crippen molar-refractivity contribution in [3.8, 4) is 11.1 Å². The molecule has 1 aromatic heterocycles. The van der Waals surface area contributed by atoms with E-state index in [2.05, 4.69) is 15.6 Å². The molecule has 1 fully saturated rings. The summed E-state index contributed by atoms with van der Waals surface area (Å²) in [7, 11) is -3.29. The van der Waals surface area contributed by atoms with Crippen LogP contribution in [0.5, 0.6) is 0 Å². The lowest BCUT2D eigenvalue weighted by molar-refractivity contribution is -0.142. The monoisotopic (exact) mass is 488 g/mol. The summed E-state index contributed by atoms with van der Waals surface area (Å²) in [6.07, 6.45) is 1.83. The topological polar surface area (TPSA) is 118 Å². The van der Waals surface area contributed by atoms with Crippen LogP contribution in [0.3, 0.4) is 0 Å². The molecule has 2 aromatic carbocycles. The van der Waals surface area contributed by atoms with Crippen molar-refractivity contribution >= 4 is 48.5 Å². The van der Waals surface area contributed by atoms with Gasteiger partial charge in [0.2, 0.25) is 5.91 Å². The van der Waals surface area contributed by atoms with Crippen LogP contribution in [0.2, 0.25) is 0 Å². The number of aromatic nitrogens is 1. The lowest BCUT2D eigenvalue weighted by Gasteiger charge is -2.26. The van der Waals surface area contributed by atoms with Gasteiger partial charge in [0, 0.05) is 25.9 Å². The molecule has 0 spiro atoms. The molecule has 0 aliphatic carbocycles. The first-order valence-corrected chi connectivity index (χ1v) is 13.1. The van der Waals surface area contributed by atoms with E-state index in [1.54, 1.807) is 23.1 Å². The fourth-order valence-electron chi connectivity index (χ4n) is 3.46. The molecule has 174 valence electrons. The largest absolute Gasteiger partial charge is 0.370 e. The SMILES string of the molecule is CS(=O)(=O)c1cccc(-c2ccc3nc(NC(=O)NCCCN4CCOCC4=O)sc3c2)c1. The minimum Gasteiger partial charge on any atom is -0.370 e. The highest BCUT2D eigenvalue weighted by Gasteiger charge is 2.17. The van der Waals surface area contributed by atoms with E-state index in [4.69, 9.17) is 4.74 Å². The number of carbonyl (C=O) groups excluding carboxylic acids is 2. The first kappa shape index (κ1) is 23.1. The highest BCUT2D eigenvalue weighted by molar-refractivity contribution is 7.90. The highest BCUT2D eigenvalue weighted by atomic mass is 32.2. The number of amides is 3. The molecule has 1 aliphatic heterocycles. The van der Waals surface area contributed by atoms with Gasteiger partial charge in [0.25, 0.3) is 0 Å². The van der Waals surface area contributed by atoms with Gasteiger partial charge in [-0.05, 0) is 41.8 Å². The third kappa shape index (κ3) is 5.86. The van der Waals surface area contributed by atoms with E-state index in [9.17, 15) is 18.0 Å². The van der Waals surface area contributed by atoms with Crippen LogP contribution in [-0.2, 0) is 19.4 Å². The molecular weight excluding hydrogens is 464 g/mol. The average molecular weight is 489 g/mol. The van der Waals surface area contributed by atoms with Crippen LogP contribution in [0, 0.1) is 0 Å². The third-order valence-electron chi connectivity index (χ3n) is 5.18. The van der Waals surface area contributed by atoms with Gasteiger partial charge in [-0.25, -0.2) is 18.2 Å². The Labute approximate surface area is 195 Å². The van der Waals surface area contributed by atoms with E-state index in [0.29, 0.717) is 37.8 Å².